The summed E-state index contributed by atoms with van der Waals surface area (Å²) in [4.78, 5) is 44.0. The molecule has 244 valence electrons. The second kappa shape index (κ2) is 20.9. The number of carbonyl (C=O) groups excluding carboxylic acids is 3. The van der Waals surface area contributed by atoms with Crippen LogP contribution in [-0.4, -0.2) is 71.8 Å². The predicted octanol–water partition coefficient (Wildman–Crippen LogP) is 6.86. The summed E-state index contributed by atoms with van der Waals surface area (Å²) in [6.07, 6.45) is 17.5. The highest BCUT2D eigenvalue weighted by molar-refractivity contribution is 5.93. The molecule has 0 aromatic heterocycles. The lowest BCUT2D eigenvalue weighted by Crippen LogP contribution is -2.58. The molecule has 1 heterocycles. The lowest BCUT2D eigenvalue weighted by molar-refractivity contribution is -0.140. The Morgan fingerprint density at radius 3 is 1.95 bits per heavy atom. The lowest BCUT2D eigenvalue weighted by atomic mass is 9.95. The Kier molecular flexibility index (Phi) is 19.0. The van der Waals surface area contributed by atoms with Gasteiger partial charge in [-0.25, -0.2) is 0 Å². The Hall–Kier alpha value is -1.89. The van der Waals surface area contributed by atoms with Crippen LogP contribution < -0.4 is 10.6 Å². The normalized spacial score (nSPS) is 17.9. The molecule has 0 aromatic rings. The monoisotopic (exact) mass is 591 g/mol. The zero-order valence-electron chi connectivity index (χ0n) is 28.8. The maximum absolute atomic E-state index is 13.8. The molecule has 3 atom stereocenters. The average molecular weight is 591 g/mol. The molecule has 0 aromatic carbocycles. The minimum absolute atomic E-state index is 0.0528. The summed E-state index contributed by atoms with van der Waals surface area (Å²) in [5.74, 6) is -0.178. The van der Waals surface area contributed by atoms with Crippen LogP contribution in [0.4, 0.5) is 0 Å². The van der Waals surface area contributed by atoms with E-state index in [-0.39, 0.29) is 47.7 Å². The number of piperidine rings is 1. The fraction of sp³-hybridized carbons (Fsp3) is 0.857. The summed E-state index contributed by atoms with van der Waals surface area (Å²) in [6.45, 7) is 18.0. The number of nitrogens with zero attached hydrogens (tertiary/aromatic N) is 2. The number of likely N-dealkylation sites (tertiary alicyclic amines) is 1. The van der Waals surface area contributed by atoms with E-state index in [9.17, 15) is 14.4 Å². The standard InChI is InChI=1S/C35H66N4O3/c1-10-11-12-13-14-15-16-17-18-20-23-36-33(40)29(8)25-31(26(2)3)38(9)35(42)32(27(4)5)37-34(41)30-22-19-21-24-39(30)28(6)7/h25-28,30-32H,10-24H2,1-9H3,(H,36,40)(H,37,41)/t30?,31-,32+/m1/s1. The van der Waals surface area contributed by atoms with Crippen molar-refractivity contribution in [2.45, 2.75) is 163 Å². The molecule has 1 unspecified atom stereocenters. The molecule has 1 saturated heterocycles. The first-order chi connectivity index (χ1) is 19.9. The minimum atomic E-state index is -0.612. The van der Waals surface area contributed by atoms with E-state index in [1.807, 2.05) is 26.8 Å². The molecule has 1 rings (SSSR count). The van der Waals surface area contributed by atoms with E-state index in [4.69, 9.17) is 0 Å². The van der Waals surface area contributed by atoms with E-state index < -0.39 is 6.04 Å². The maximum atomic E-state index is 13.8. The van der Waals surface area contributed by atoms with Crippen molar-refractivity contribution in [1.29, 1.82) is 0 Å². The van der Waals surface area contributed by atoms with Gasteiger partial charge in [0.25, 0.3) is 0 Å². The van der Waals surface area contributed by atoms with Gasteiger partial charge in [-0.05, 0) is 58.4 Å². The van der Waals surface area contributed by atoms with Gasteiger partial charge in [-0.2, -0.15) is 0 Å². The van der Waals surface area contributed by atoms with Gasteiger partial charge in [0, 0.05) is 25.2 Å². The Bertz CT molecular complexity index is 823. The minimum Gasteiger partial charge on any atom is -0.352 e. The quantitative estimate of drug-likeness (QED) is 0.120. The van der Waals surface area contributed by atoms with E-state index in [0.717, 1.165) is 38.6 Å². The van der Waals surface area contributed by atoms with Crippen molar-refractivity contribution in [3.05, 3.63) is 11.6 Å². The Labute approximate surface area is 259 Å². The lowest BCUT2D eigenvalue weighted by Gasteiger charge is -2.39. The second-order valence-electron chi connectivity index (χ2n) is 13.5. The molecule has 1 aliphatic rings. The molecule has 7 nitrogen and oxygen atoms in total. The molecule has 0 aliphatic carbocycles. The van der Waals surface area contributed by atoms with Crippen LogP contribution >= 0.6 is 0 Å². The van der Waals surface area contributed by atoms with Crippen LogP contribution in [0.1, 0.15) is 139 Å². The fourth-order valence-electron chi connectivity index (χ4n) is 6.02. The molecule has 0 radical (unpaired) electrons. The van der Waals surface area contributed by atoms with Gasteiger partial charge in [0.05, 0.1) is 12.1 Å². The van der Waals surface area contributed by atoms with Crippen LogP contribution in [0.3, 0.4) is 0 Å². The number of nitrogens with one attached hydrogen (secondary N) is 2. The number of hydrogen-bond donors (Lipinski definition) is 2. The third-order valence-electron chi connectivity index (χ3n) is 8.81. The van der Waals surface area contributed by atoms with Gasteiger partial charge in [-0.3, -0.25) is 19.3 Å². The van der Waals surface area contributed by atoms with Crippen LogP contribution in [0, 0.1) is 11.8 Å². The summed E-state index contributed by atoms with van der Waals surface area (Å²) in [6, 6.07) is -0.772. The van der Waals surface area contributed by atoms with Gasteiger partial charge >= 0.3 is 0 Å². The molecular formula is C35H66N4O3. The van der Waals surface area contributed by atoms with E-state index in [2.05, 4.69) is 50.2 Å². The summed E-state index contributed by atoms with van der Waals surface area (Å²) >= 11 is 0. The zero-order chi connectivity index (χ0) is 31.7. The Balaban J connectivity index is 2.67. The van der Waals surface area contributed by atoms with Crippen LogP contribution in [0.2, 0.25) is 0 Å². The molecule has 42 heavy (non-hydrogen) atoms. The van der Waals surface area contributed by atoms with Crippen molar-refractivity contribution in [3.8, 4) is 0 Å². The first-order valence-electron chi connectivity index (χ1n) is 17.2. The molecule has 0 bridgehead atoms. The van der Waals surface area contributed by atoms with E-state index >= 15 is 0 Å². The third-order valence-corrected chi connectivity index (χ3v) is 8.81. The highest BCUT2D eigenvalue weighted by atomic mass is 16.2. The van der Waals surface area contributed by atoms with Crippen molar-refractivity contribution in [1.82, 2.24) is 20.4 Å². The predicted molar refractivity (Wildman–Crippen MR) is 176 cm³/mol. The van der Waals surface area contributed by atoms with Crippen molar-refractivity contribution < 1.29 is 14.4 Å². The highest BCUT2D eigenvalue weighted by Gasteiger charge is 2.36. The third kappa shape index (κ3) is 13.6. The van der Waals surface area contributed by atoms with Crippen LogP contribution in [0.25, 0.3) is 0 Å². The number of carbonyl (C=O) groups is 3. The fourth-order valence-corrected chi connectivity index (χ4v) is 6.02. The first-order valence-corrected chi connectivity index (χ1v) is 17.2. The van der Waals surface area contributed by atoms with Crippen LogP contribution in [0.5, 0.6) is 0 Å². The van der Waals surface area contributed by atoms with Gasteiger partial charge in [0.15, 0.2) is 0 Å². The van der Waals surface area contributed by atoms with Gasteiger partial charge in [-0.15, -0.1) is 0 Å². The molecule has 0 saturated carbocycles. The largest absolute Gasteiger partial charge is 0.352 e. The van der Waals surface area contributed by atoms with E-state index in [1.165, 1.54) is 51.4 Å². The molecule has 1 fully saturated rings. The van der Waals surface area contributed by atoms with Crippen LogP contribution in [0.15, 0.2) is 11.6 Å². The summed E-state index contributed by atoms with van der Waals surface area (Å²) in [5, 5.41) is 6.18. The molecule has 2 N–H and O–H groups in total. The Morgan fingerprint density at radius 2 is 1.43 bits per heavy atom. The van der Waals surface area contributed by atoms with Gasteiger partial charge < -0.3 is 15.5 Å². The van der Waals surface area contributed by atoms with Crippen LogP contribution in [-0.2, 0) is 14.4 Å². The number of hydrogen-bond acceptors (Lipinski definition) is 4. The summed E-state index contributed by atoms with van der Waals surface area (Å²) < 4.78 is 0. The zero-order valence-corrected chi connectivity index (χ0v) is 28.8. The SMILES string of the molecule is CCCCCCCCCCCCNC(=O)C(C)=C[C@H](C(C)C)N(C)C(=O)[C@@H](NC(=O)C1CCCCN1C(C)C)C(C)C. The van der Waals surface area contributed by atoms with Crippen molar-refractivity contribution in [2.75, 3.05) is 20.1 Å². The molecule has 1 aliphatic heterocycles. The Morgan fingerprint density at radius 1 is 0.857 bits per heavy atom. The molecule has 3 amide bonds. The smallest absolute Gasteiger partial charge is 0.246 e. The van der Waals surface area contributed by atoms with Crippen molar-refractivity contribution in [2.24, 2.45) is 11.8 Å². The van der Waals surface area contributed by atoms with Crippen molar-refractivity contribution >= 4 is 17.7 Å². The van der Waals surface area contributed by atoms with E-state index in [1.54, 1.807) is 11.9 Å². The van der Waals surface area contributed by atoms with Gasteiger partial charge in [0.2, 0.25) is 17.7 Å². The highest BCUT2D eigenvalue weighted by Crippen LogP contribution is 2.21. The number of amides is 3. The van der Waals surface area contributed by atoms with E-state index in [0.29, 0.717) is 12.1 Å². The molecular weight excluding hydrogens is 524 g/mol. The van der Waals surface area contributed by atoms with Gasteiger partial charge in [-0.1, -0.05) is 105 Å². The topological polar surface area (TPSA) is 81.8 Å². The summed E-state index contributed by atoms with van der Waals surface area (Å²) in [5.41, 5.74) is 0.625. The van der Waals surface area contributed by atoms with Gasteiger partial charge in [0.1, 0.15) is 6.04 Å². The summed E-state index contributed by atoms with van der Waals surface area (Å²) in [7, 11) is 1.79. The second-order valence-corrected chi connectivity index (χ2v) is 13.5. The average Bonchev–Trinajstić information content (AvgIpc) is 2.95. The number of rotatable bonds is 20. The molecule has 0 spiro atoms. The number of likely N-dealkylation sites (N-methyl/N-ethyl adjacent to an activating group) is 1. The number of unbranched alkanes of at least 4 members (excludes halogenated alkanes) is 9. The first kappa shape index (κ1) is 38.1. The maximum Gasteiger partial charge on any atom is 0.246 e. The molecule has 7 heteroatoms. The van der Waals surface area contributed by atoms with Crippen molar-refractivity contribution in [3.63, 3.8) is 0 Å².